The molecule has 0 bridgehead atoms. The molecule has 1 aliphatic carbocycles. The summed E-state index contributed by atoms with van der Waals surface area (Å²) < 4.78 is 51.2. The highest BCUT2D eigenvalue weighted by Crippen LogP contribution is 2.37. The number of nitrogens with zero attached hydrogens (tertiary/aromatic N) is 1. The molecule has 0 saturated carbocycles. The minimum Gasteiger partial charge on any atom is -0.494 e. The van der Waals surface area contributed by atoms with Gasteiger partial charge in [-0.2, -0.15) is 13.2 Å². The fourth-order valence-corrected chi connectivity index (χ4v) is 5.09. The van der Waals surface area contributed by atoms with Gasteiger partial charge in [-0.1, -0.05) is 74.0 Å². The van der Waals surface area contributed by atoms with Crippen LogP contribution in [0.5, 0.6) is 0 Å². The van der Waals surface area contributed by atoms with Crippen LogP contribution in [0, 0.1) is 5.92 Å². The second kappa shape index (κ2) is 15.1. The third-order valence-corrected chi connectivity index (χ3v) is 7.09. The van der Waals surface area contributed by atoms with E-state index in [-0.39, 0.29) is 10.9 Å². The number of rotatable bonds is 13. The van der Waals surface area contributed by atoms with E-state index in [4.69, 9.17) is 21.1 Å². The first-order valence-corrected chi connectivity index (χ1v) is 13.9. The first kappa shape index (κ1) is 31.5. The SMILES string of the molecule is COC(=O)C=C1C=C(OCCCN(Cc2cccc(C(F)(F)F)c2Cl)CC(CC(C)C)c2ccccc2)C=CC1. The van der Waals surface area contributed by atoms with Crippen molar-refractivity contribution in [3.8, 4) is 0 Å². The highest BCUT2D eigenvalue weighted by Gasteiger charge is 2.34. The molecule has 4 nitrogen and oxygen atoms in total. The second-order valence-electron chi connectivity index (χ2n) is 10.3. The molecule has 2 aromatic rings. The maximum absolute atomic E-state index is 13.5. The van der Waals surface area contributed by atoms with E-state index in [2.05, 4.69) is 30.9 Å². The van der Waals surface area contributed by atoms with E-state index in [9.17, 15) is 18.0 Å². The van der Waals surface area contributed by atoms with Gasteiger partial charge in [0.15, 0.2) is 0 Å². The second-order valence-corrected chi connectivity index (χ2v) is 10.7. The molecule has 3 rings (SSSR count). The maximum Gasteiger partial charge on any atom is 0.417 e. The number of esters is 1. The molecule has 0 radical (unpaired) electrons. The molecule has 0 aliphatic heterocycles. The molecule has 1 atom stereocenters. The van der Waals surface area contributed by atoms with Gasteiger partial charge in [0.05, 0.1) is 24.3 Å². The highest BCUT2D eigenvalue weighted by atomic mass is 35.5. The Morgan fingerprint density at radius 1 is 1.12 bits per heavy atom. The van der Waals surface area contributed by atoms with E-state index in [1.54, 1.807) is 6.07 Å². The van der Waals surface area contributed by atoms with Crippen molar-refractivity contribution in [2.24, 2.45) is 5.92 Å². The van der Waals surface area contributed by atoms with Crippen molar-refractivity contribution in [3.63, 3.8) is 0 Å². The van der Waals surface area contributed by atoms with E-state index in [0.29, 0.717) is 56.3 Å². The average Bonchev–Trinajstić information content (AvgIpc) is 2.91. The Morgan fingerprint density at radius 2 is 1.88 bits per heavy atom. The number of benzene rings is 2. The minimum atomic E-state index is -4.52. The average molecular weight is 576 g/mol. The van der Waals surface area contributed by atoms with Crippen molar-refractivity contribution < 1.29 is 27.4 Å². The highest BCUT2D eigenvalue weighted by molar-refractivity contribution is 6.32. The van der Waals surface area contributed by atoms with E-state index >= 15 is 0 Å². The fourth-order valence-electron chi connectivity index (χ4n) is 4.80. The van der Waals surface area contributed by atoms with Gasteiger partial charge in [0.1, 0.15) is 5.76 Å². The van der Waals surface area contributed by atoms with Crippen LogP contribution >= 0.6 is 11.6 Å². The number of carbonyl (C=O) groups is 1. The smallest absolute Gasteiger partial charge is 0.417 e. The van der Waals surface area contributed by atoms with Gasteiger partial charge < -0.3 is 9.47 Å². The summed E-state index contributed by atoms with van der Waals surface area (Å²) in [5.41, 5.74) is 1.63. The lowest BCUT2D eigenvalue weighted by molar-refractivity contribution is -0.137. The van der Waals surface area contributed by atoms with Gasteiger partial charge in [0, 0.05) is 25.7 Å². The minimum absolute atomic E-state index is 0.210. The van der Waals surface area contributed by atoms with Crippen LogP contribution in [0.1, 0.15) is 55.7 Å². The summed E-state index contributed by atoms with van der Waals surface area (Å²) in [4.78, 5) is 13.7. The number of methoxy groups -OCH3 is 1. The molecular weight excluding hydrogens is 539 g/mol. The number of allylic oxidation sites excluding steroid dienone is 4. The Kier molecular flexibility index (Phi) is 11.9. The number of carbonyl (C=O) groups excluding carboxylic acids is 1. The normalized spacial score (nSPS) is 15.4. The number of halogens is 4. The Morgan fingerprint density at radius 3 is 2.55 bits per heavy atom. The third kappa shape index (κ3) is 9.86. The van der Waals surface area contributed by atoms with Crippen molar-refractivity contribution >= 4 is 17.6 Å². The Labute approximate surface area is 240 Å². The van der Waals surface area contributed by atoms with Crippen LogP contribution in [0.4, 0.5) is 13.2 Å². The lowest BCUT2D eigenvalue weighted by Crippen LogP contribution is -2.31. The van der Waals surface area contributed by atoms with E-state index < -0.39 is 17.7 Å². The molecule has 0 spiro atoms. The largest absolute Gasteiger partial charge is 0.494 e. The Balaban J connectivity index is 1.75. The summed E-state index contributed by atoms with van der Waals surface area (Å²) >= 11 is 6.27. The molecule has 8 heteroatoms. The Bertz CT molecular complexity index is 1210. The predicted octanol–water partition coefficient (Wildman–Crippen LogP) is 8.34. The van der Waals surface area contributed by atoms with Crippen molar-refractivity contribution in [3.05, 3.63) is 106 Å². The summed E-state index contributed by atoms with van der Waals surface area (Å²) in [6.07, 6.45) is 4.73. The monoisotopic (exact) mass is 575 g/mol. The topological polar surface area (TPSA) is 38.8 Å². The van der Waals surface area contributed by atoms with Crippen LogP contribution in [0.3, 0.4) is 0 Å². The summed E-state index contributed by atoms with van der Waals surface area (Å²) in [5.74, 6) is 0.890. The molecule has 0 saturated heterocycles. The predicted molar refractivity (Wildman–Crippen MR) is 153 cm³/mol. The van der Waals surface area contributed by atoms with E-state index in [0.717, 1.165) is 18.1 Å². The molecular formula is C32H37ClF3NO3. The van der Waals surface area contributed by atoms with Gasteiger partial charge in [0.25, 0.3) is 0 Å². The van der Waals surface area contributed by atoms with Crippen LogP contribution in [0.25, 0.3) is 0 Å². The zero-order valence-electron chi connectivity index (χ0n) is 23.2. The van der Waals surface area contributed by atoms with Gasteiger partial charge in [0.2, 0.25) is 0 Å². The standard InChI is InChI=1S/C32H37ClF3NO3/c1-23(2)18-27(25-11-5-4-6-12-25)22-37(21-26-13-8-15-29(31(26)33)32(34,35)36)16-9-17-40-28-14-7-10-24(19-28)20-30(38)39-3/h4-8,11-15,19-20,23,27H,9-10,16-18,21-22H2,1-3H3. The molecule has 40 heavy (non-hydrogen) atoms. The summed E-state index contributed by atoms with van der Waals surface area (Å²) in [5, 5.41) is -0.251. The lowest BCUT2D eigenvalue weighted by Gasteiger charge is -2.30. The van der Waals surface area contributed by atoms with Crippen molar-refractivity contribution in [2.75, 3.05) is 26.8 Å². The van der Waals surface area contributed by atoms with Crippen molar-refractivity contribution in [1.82, 2.24) is 4.90 Å². The van der Waals surface area contributed by atoms with Gasteiger partial charge >= 0.3 is 12.1 Å². The third-order valence-electron chi connectivity index (χ3n) is 6.64. The summed E-state index contributed by atoms with van der Waals surface area (Å²) in [7, 11) is 1.33. The maximum atomic E-state index is 13.5. The zero-order chi connectivity index (χ0) is 29.1. The van der Waals surface area contributed by atoms with Crippen LogP contribution in [-0.4, -0.2) is 37.7 Å². The summed E-state index contributed by atoms with van der Waals surface area (Å²) in [6.45, 7) is 6.32. The number of hydrogen-bond donors (Lipinski definition) is 0. The van der Waals surface area contributed by atoms with Gasteiger partial charge in [-0.15, -0.1) is 0 Å². The number of hydrogen-bond acceptors (Lipinski definition) is 4. The Hall–Kier alpha value is -3.03. The van der Waals surface area contributed by atoms with Gasteiger partial charge in [-0.25, -0.2) is 4.79 Å². The molecule has 1 unspecified atom stereocenters. The van der Waals surface area contributed by atoms with Crippen LogP contribution < -0.4 is 0 Å². The van der Waals surface area contributed by atoms with Crippen LogP contribution in [0.15, 0.2) is 84.2 Å². The molecule has 2 aromatic carbocycles. The molecule has 216 valence electrons. The summed E-state index contributed by atoms with van der Waals surface area (Å²) in [6, 6.07) is 14.3. The first-order valence-electron chi connectivity index (χ1n) is 13.5. The van der Waals surface area contributed by atoms with Crippen molar-refractivity contribution in [1.29, 1.82) is 0 Å². The quantitative estimate of drug-likeness (QED) is 0.137. The molecule has 0 N–H and O–H groups in total. The van der Waals surface area contributed by atoms with Crippen molar-refractivity contribution in [2.45, 2.75) is 51.7 Å². The van der Waals surface area contributed by atoms with Crippen LogP contribution in [-0.2, 0) is 27.0 Å². The zero-order valence-corrected chi connectivity index (χ0v) is 24.0. The molecule has 0 fully saturated rings. The molecule has 1 aliphatic rings. The van der Waals surface area contributed by atoms with Gasteiger partial charge in [-0.05, 0) is 66.0 Å². The molecule has 0 heterocycles. The lowest BCUT2D eigenvalue weighted by atomic mass is 9.89. The first-order chi connectivity index (χ1) is 19.1. The molecule has 0 amide bonds. The molecule has 0 aromatic heterocycles. The number of ether oxygens (including phenoxy) is 2. The van der Waals surface area contributed by atoms with Gasteiger partial charge in [-0.3, -0.25) is 4.90 Å². The van der Waals surface area contributed by atoms with Crippen LogP contribution in [0.2, 0.25) is 5.02 Å². The fraction of sp³-hybridized carbons (Fsp3) is 0.406. The number of alkyl halides is 3. The van der Waals surface area contributed by atoms with E-state index in [1.165, 1.54) is 24.8 Å². The van der Waals surface area contributed by atoms with E-state index in [1.807, 2.05) is 36.4 Å².